The van der Waals surface area contributed by atoms with Crippen LogP contribution in [0, 0.1) is 0 Å². The van der Waals surface area contributed by atoms with Gasteiger partial charge in [0.25, 0.3) is 11.8 Å². The van der Waals surface area contributed by atoms with Crippen molar-refractivity contribution in [3.63, 3.8) is 0 Å². The Kier molecular flexibility index (Phi) is 3.24. The van der Waals surface area contributed by atoms with Gasteiger partial charge in [0, 0.05) is 5.56 Å². The molecule has 0 fully saturated rings. The molecule has 0 aliphatic carbocycles. The van der Waals surface area contributed by atoms with Crippen LogP contribution in [0.2, 0.25) is 0 Å². The van der Waals surface area contributed by atoms with Crippen LogP contribution in [0.4, 0.5) is 5.69 Å². The van der Waals surface area contributed by atoms with E-state index in [9.17, 15) is 14.4 Å². The van der Waals surface area contributed by atoms with Crippen molar-refractivity contribution in [3.8, 4) is 0 Å². The summed E-state index contributed by atoms with van der Waals surface area (Å²) in [6.45, 7) is 1.39. The van der Waals surface area contributed by atoms with E-state index in [1.165, 1.54) is 19.1 Å². The first-order valence-electron chi connectivity index (χ1n) is 4.98. The second-order valence-corrected chi connectivity index (χ2v) is 4.44. The molecule has 6 heteroatoms. The third-order valence-corrected chi connectivity index (χ3v) is 3.28. The van der Waals surface area contributed by atoms with E-state index in [0.717, 1.165) is 4.90 Å². The quantitative estimate of drug-likeness (QED) is 0.619. The average molecular weight is 284 g/mol. The standard InChI is InChI=1S/C12H7Cl2NO3/c1-6(16)7-3-2-4-8(5-7)15-11(17)9(13)10(14)12(15)18/h2-5H,1H3. The minimum atomic E-state index is -0.688. The number of benzene rings is 1. The number of halogens is 2. The highest BCUT2D eigenvalue weighted by molar-refractivity contribution is 6.62. The lowest BCUT2D eigenvalue weighted by Crippen LogP contribution is -2.31. The maximum absolute atomic E-state index is 11.8. The van der Waals surface area contributed by atoms with Crippen LogP contribution < -0.4 is 4.90 Å². The maximum Gasteiger partial charge on any atom is 0.278 e. The largest absolute Gasteiger partial charge is 0.295 e. The summed E-state index contributed by atoms with van der Waals surface area (Å²) in [7, 11) is 0. The van der Waals surface area contributed by atoms with Gasteiger partial charge in [-0.05, 0) is 19.1 Å². The molecule has 0 saturated carbocycles. The molecule has 0 saturated heterocycles. The van der Waals surface area contributed by atoms with Crippen LogP contribution >= 0.6 is 23.2 Å². The van der Waals surface area contributed by atoms with Gasteiger partial charge < -0.3 is 0 Å². The zero-order valence-corrected chi connectivity index (χ0v) is 10.7. The number of anilines is 1. The minimum absolute atomic E-state index is 0.166. The molecular weight excluding hydrogens is 277 g/mol. The van der Waals surface area contributed by atoms with Crippen LogP contribution in [0.5, 0.6) is 0 Å². The summed E-state index contributed by atoms with van der Waals surface area (Å²) in [5.41, 5.74) is 0.666. The first kappa shape index (κ1) is 12.8. The van der Waals surface area contributed by atoms with Crippen molar-refractivity contribution in [1.82, 2.24) is 0 Å². The topological polar surface area (TPSA) is 54.5 Å². The van der Waals surface area contributed by atoms with Crippen molar-refractivity contribution < 1.29 is 14.4 Å². The van der Waals surface area contributed by atoms with E-state index in [1.807, 2.05) is 0 Å². The zero-order valence-electron chi connectivity index (χ0n) is 9.24. The summed E-state index contributed by atoms with van der Waals surface area (Å²) in [4.78, 5) is 35.6. The molecule has 1 aromatic carbocycles. The Morgan fingerprint density at radius 3 is 2.17 bits per heavy atom. The Bertz CT molecular complexity index is 583. The van der Waals surface area contributed by atoms with E-state index in [4.69, 9.17) is 23.2 Å². The highest BCUT2D eigenvalue weighted by Gasteiger charge is 2.37. The van der Waals surface area contributed by atoms with Crippen LogP contribution in [0.3, 0.4) is 0 Å². The molecule has 1 heterocycles. The number of ketones is 1. The molecule has 2 amide bonds. The van der Waals surface area contributed by atoms with Gasteiger partial charge in [0.2, 0.25) is 0 Å². The van der Waals surface area contributed by atoms with Crippen LogP contribution in [-0.2, 0) is 9.59 Å². The van der Waals surface area contributed by atoms with Gasteiger partial charge in [-0.3, -0.25) is 14.4 Å². The van der Waals surface area contributed by atoms with Gasteiger partial charge in [-0.15, -0.1) is 0 Å². The number of hydrogen-bond donors (Lipinski definition) is 0. The van der Waals surface area contributed by atoms with E-state index in [-0.39, 0.29) is 21.5 Å². The van der Waals surface area contributed by atoms with E-state index in [2.05, 4.69) is 0 Å². The first-order valence-corrected chi connectivity index (χ1v) is 5.74. The number of amides is 2. The molecule has 1 aromatic rings. The lowest BCUT2D eigenvalue weighted by atomic mass is 10.1. The van der Waals surface area contributed by atoms with Crippen molar-refractivity contribution in [2.24, 2.45) is 0 Å². The number of carbonyl (C=O) groups is 3. The lowest BCUT2D eigenvalue weighted by Gasteiger charge is -2.14. The van der Waals surface area contributed by atoms with Gasteiger partial charge in [0.1, 0.15) is 10.1 Å². The van der Waals surface area contributed by atoms with E-state index >= 15 is 0 Å². The van der Waals surface area contributed by atoms with Crippen LogP contribution in [-0.4, -0.2) is 17.6 Å². The van der Waals surface area contributed by atoms with Crippen LogP contribution in [0.15, 0.2) is 34.3 Å². The molecule has 0 N–H and O–H groups in total. The molecule has 0 spiro atoms. The summed E-state index contributed by atoms with van der Waals surface area (Å²) in [5.74, 6) is -1.54. The molecule has 18 heavy (non-hydrogen) atoms. The fourth-order valence-corrected chi connectivity index (χ4v) is 1.91. The Hall–Kier alpha value is -1.65. The van der Waals surface area contributed by atoms with E-state index < -0.39 is 11.8 Å². The lowest BCUT2D eigenvalue weighted by molar-refractivity contribution is -0.120. The number of hydrogen-bond acceptors (Lipinski definition) is 3. The molecule has 0 aromatic heterocycles. The molecule has 92 valence electrons. The van der Waals surface area contributed by atoms with Gasteiger partial charge in [-0.25, -0.2) is 4.90 Å². The summed E-state index contributed by atoms with van der Waals surface area (Å²) < 4.78 is 0. The number of rotatable bonds is 2. The predicted octanol–water partition coefficient (Wildman–Crippen LogP) is 2.45. The second kappa shape index (κ2) is 4.55. The zero-order chi connectivity index (χ0) is 13.4. The van der Waals surface area contributed by atoms with Crippen molar-refractivity contribution in [2.75, 3.05) is 4.90 Å². The minimum Gasteiger partial charge on any atom is -0.295 e. The molecule has 1 aliphatic rings. The fourth-order valence-electron chi connectivity index (χ4n) is 1.57. The molecular formula is C12H7Cl2NO3. The summed E-state index contributed by atoms with van der Waals surface area (Å²) in [5, 5.41) is -0.621. The number of carbonyl (C=O) groups excluding carboxylic acids is 3. The van der Waals surface area contributed by atoms with Crippen molar-refractivity contribution in [1.29, 1.82) is 0 Å². The molecule has 4 nitrogen and oxygen atoms in total. The Labute approximate surface area is 113 Å². The number of imide groups is 1. The molecule has 0 atom stereocenters. The summed E-state index contributed by atoms with van der Waals surface area (Å²) in [6.07, 6.45) is 0. The molecule has 2 rings (SSSR count). The normalized spacial score (nSPS) is 15.6. The SMILES string of the molecule is CC(=O)c1cccc(N2C(=O)C(Cl)=C(Cl)C2=O)c1. The first-order chi connectivity index (χ1) is 8.43. The van der Waals surface area contributed by atoms with Crippen molar-refractivity contribution in [3.05, 3.63) is 39.9 Å². The molecule has 1 aliphatic heterocycles. The Morgan fingerprint density at radius 2 is 1.67 bits per heavy atom. The van der Waals surface area contributed by atoms with Gasteiger partial charge in [0.15, 0.2) is 5.78 Å². The van der Waals surface area contributed by atoms with Crippen LogP contribution in [0.1, 0.15) is 17.3 Å². The molecule has 0 bridgehead atoms. The molecule has 0 unspecified atom stereocenters. The number of Topliss-reactive ketones (excluding diaryl/α,β-unsaturated/α-hetero) is 1. The number of nitrogens with zero attached hydrogens (tertiary/aromatic N) is 1. The highest BCUT2D eigenvalue weighted by atomic mass is 35.5. The van der Waals surface area contributed by atoms with E-state index in [0.29, 0.717) is 5.56 Å². The highest BCUT2D eigenvalue weighted by Crippen LogP contribution is 2.31. The predicted molar refractivity (Wildman–Crippen MR) is 67.7 cm³/mol. The molecule has 0 radical (unpaired) electrons. The maximum atomic E-state index is 11.8. The monoisotopic (exact) mass is 283 g/mol. The third-order valence-electron chi connectivity index (χ3n) is 2.49. The Balaban J connectivity index is 2.46. The van der Waals surface area contributed by atoms with Crippen LogP contribution in [0.25, 0.3) is 0 Å². The Morgan fingerprint density at radius 1 is 1.11 bits per heavy atom. The summed E-state index contributed by atoms with van der Waals surface area (Å²) >= 11 is 11.2. The fraction of sp³-hybridized carbons (Fsp3) is 0.0833. The van der Waals surface area contributed by atoms with E-state index in [1.54, 1.807) is 12.1 Å². The van der Waals surface area contributed by atoms with Gasteiger partial charge in [0.05, 0.1) is 5.69 Å². The summed E-state index contributed by atoms with van der Waals surface area (Å²) in [6, 6.07) is 6.14. The van der Waals surface area contributed by atoms with Crippen molar-refractivity contribution >= 4 is 46.5 Å². The smallest absolute Gasteiger partial charge is 0.278 e. The van der Waals surface area contributed by atoms with Gasteiger partial charge >= 0.3 is 0 Å². The van der Waals surface area contributed by atoms with Crippen molar-refractivity contribution in [2.45, 2.75) is 6.92 Å². The van der Waals surface area contributed by atoms with Gasteiger partial charge in [-0.2, -0.15) is 0 Å². The third kappa shape index (κ3) is 1.94. The van der Waals surface area contributed by atoms with Gasteiger partial charge in [-0.1, -0.05) is 35.3 Å². The average Bonchev–Trinajstić information content (AvgIpc) is 2.54. The second-order valence-electron chi connectivity index (χ2n) is 3.68.